The standard InChI is InChI=1S/C19H23N3O4/c23-15-5-12-8-22(10-19-20-3-4-21-19)9-13(12)6-17(15)26-14-1-2-16-18(7-14)25-11-24-16/h1-4,7,12-13,15,17,23H,5-6,8-11H2,(H,20,21)/t12-,13+,15+,17+/m0/s1. The number of hydrogen-bond acceptors (Lipinski definition) is 6. The fourth-order valence-electron chi connectivity index (χ4n) is 4.46. The SMILES string of the molecule is O[C@@H]1C[C@H]2CN(Cc3ncc[nH]3)C[C@H]2C[C@H]1Oc1ccc2c(c1)OCO2. The van der Waals surface area contributed by atoms with Gasteiger partial charge in [-0.05, 0) is 36.8 Å². The van der Waals surface area contributed by atoms with Gasteiger partial charge in [0.2, 0.25) is 6.79 Å². The van der Waals surface area contributed by atoms with Crippen LogP contribution in [0.15, 0.2) is 30.6 Å². The van der Waals surface area contributed by atoms with E-state index in [0.717, 1.165) is 49.8 Å². The summed E-state index contributed by atoms with van der Waals surface area (Å²) in [6.45, 7) is 3.13. The Morgan fingerprint density at radius 3 is 2.88 bits per heavy atom. The van der Waals surface area contributed by atoms with E-state index in [1.807, 2.05) is 24.4 Å². The summed E-state index contributed by atoms with van der Waals surface area (Å²) < 4.78 is 16.9. The minimum absolute atomic E-state index is 0.180. The number of ether oxygens (including phenoxy) is 3. The maximum absolute atomic E-state index is 10.6. The molecule has 0 bridgehead atoms. The number of likely N-dealkylation sites (tertiary alicyclic amines) is 1. The van der Waals surface area contributed by atoms with Gasteiger partial charge in [0, 0.05) is 31.5 Å². The van der Waals surface area contributed by atoms with Crippen LogP contribution >= 0.6 is 0 Å². The van der Waals surface area contributed by atoms with Crippen molar-refractivity contribution >= 4 is 0 Å². The number of aromatic nitrogens is 2. The van der Waals surface area contributed by atoms with E-state index in [9.17, 15) is 5.11 Å². The third-order valence-corrected chi connectivity index (χ3v) is 5.72. The molecule has 7 heteroatoms. The Balaban J connectivity index is 1.23. The summed E-state index contributed by atoms with van der Waals surface area (Å²) >= 11 is 0. The molecule has 0 radical (unpaired) electrons. The van der Waals surface area contributed by atoms with Gasteiger partial charge in [0.15, 0.2) is 11.5 Å². The van der Waals surface area contributed by atoms with Crippen LogP contribution < -0.4 is 14.2 Å². The molecule has 1 saturated heterocycles. The monoisotopic (exact) mass is 357 g/mol. The molecule has 0 amide bonds. The summed E-state index contributed by atoms with van der Waals surface area (Å²) in [5, 5.41) is 10.6. The van der Waals surface area contributed by atoms with Gasteiger partial charge < -0.3 is 24.3 Å². The first kappa shape index (κ1) is 16.0. The van der Waals surface area contributed by atoms with Crippen molar-refractivity contribution in [3.8, 4) is 17.2 Å². The molecule has 1 aliphatic carbocycles. The van der Waals surface area contributed by atoms with Gasteiger partial charge in [-0.3, -0.25) is 4.90 Å². The highest BCUT2D eigenvalue weighted by Gasteiger charge is 2.42. The third kappa shape index (κ3) is 3.01. The molecule has 4 atom stereocenters. The topological polar surface area (TPSA) is 79.8 Å². The van der Waals surface area contributed by atoms with Gasteiger partial charge >= 0.3 is 0 Å². The minimum atomic E-state index is -0.440. The second-order valence-electron chi connectivity index (χ2n) is 7.46. The summed E-state index contributed by atoms with van der Waals surface area (Å²) in [6.07, 6.45) is 4.68. The van der Waals surface area contributed by atoms with E-state index >= 15 is 0 Å². The molecule has 3 aliphatic rings. The maximum Gasteiger partial charge on any atom is 0.231 e. The predicted molar refractivity (Wildman–Crippen MR) is 93.1 cm³/mol. The molecule has 0 unspecified atom stereocenters. The lowest BCUT2D eigenvalue weighted by atomic mass is 9.78. The van der Waals surface area contributed by atoms with Gasteiger partial charge in [0.1, 0.15) is 17.7 Å². The molecule has 1 saturated carbocycles. The van der Waals surface area contributed by atoms with Crippen LogP contribution in [0.5, 0.6) is 17.2 Å². The molecule has 2 aromatic rings. The zero-order valence-corrected chi connectivity index (χ0v) is 14.5. The number of benzene rings is 1. The largest absolute Gasteiger partial charge is 0.488 e. The lowest BCUT2D eigenvalue weighted by molar-refractivity contribution is -0.0232. The van der Waals surface area contributed by atoms with E-state index < -0.39 is 6.10 Å². The molecule has 2 fully saturated rings. The Bertz CT molecular complexity index is 766. The smallest absolute Gasteiger partial charge is 0.231 e. The number of H-pyrrole nitrogens is 1. The Kier molecular flexibility index (Phi) is 3.98. The van der Waals surface area contributed by atoms with Crippen LogP contribution in [-0.4, -0.2) is 52.1 Å². The molecule has 3 heterocycles. The molecule has 26 heavy (non-hydrogen) atoms. The highest BCUT2D eigenvalue weighted by molar-refractivity contribution is 5.46. The Morgan fingerprint density at radius 2 is 2.04 bits per heavy atom. The van der Waals surface area contributed by atoms with E-state index in [0.29, 0.717) is 17.6 Å². The van der Waals surface area contributed by atoms with Crippen LogP contribution in [0.4, 0.5) is 0 Å². The summed E-state index contributed by atoms with van der Waals surface area (Å²) in [5.74, 6) is 4.24. The first-order valence-corrected chi connectivity index (χ1v) is 9.19. The molecule has 2 N–H and O–H groups in total. The van der Waals surface area contributed by atoms with Gasteiger partial charge in [-0.25, -0.2) is 4.98 Å². The van der Waals surface area contributed by atoms with Crippen molar-refractivity contribution in [1.29, 1.82) is 0 Å². The second kappa shape index (κ2) is 6.48. The normalized spacial score (nSPS) is 30.3. The number of rotatable bonds is 4. The van der Waals surface area contributed by atoms with Gasteiger partial charge in [0.25, 0.3) is 0 Å². The summed E-state index contributed by atoms with van der Waals surface area (Å²) in [6, 6.07) is 5.58. The average molecular weight is 357 g/mol. The lowest BCUT2D eigenvalue weighted by Crippen LogP contribution is -2.42. The first-order valence-electron chi connectivity index (χ1n) is 9.19. The van der Waals surface area contributed by atoms with Crippen LogP contribution in [0, 0.1) is 11.8 Å². The Labute approximate surface area is 151 Å². The first-order chi connectivity index (χ1) is 12.7. The van der Waals surface area contributed by atoms with Crippen molar-refractivity contribution in [2.75, 3.05) is 19.9 Å². The van der Waals surface area contributed by atoms with Crippen LogP contribution in [0.3, 0.4) is 0 Å². The summed E-state index contributed by atoms with van der Waals surface area (Å²) in [4.78, 5) is 9.91. The molecular weight excluding hydrogens is 334 g/mol. The van der Waals surface area contributed by atoms with Crippen LogP contribution in [0.2, 0.25) is 0 Å². The zero-order valence-electron chi connectivity index (χ0n) is 14.5. The van der Waals surface area contributed by atoms with Crippen LogP contribution in [0.25, 0.3) is 0 Å². The van der Waals surface area contributed by atoms with Gasteiger partial charge in [0.05, 0.1) is 12.6 Å². The lowest BCUT2D eigenvalue weighted by Gasteiger charge is -2.35. The summed E-state index contributed by atoms with van der Waals surface area (Å²) in [5.41, 5.74) is 0. The number of aliphatic hydroxyl groups is 1. The van der Waals surface area contributed by atoms with Crippen LogP contribution in [-0.2, 0) is 6.54 Å². The van der Waals surface area contributed by atoms with Crippen molar-refractivity contribution in [2.24, 2.45) is 11.8 Å². The molecule has 1 aromatic carbocycles. The molecule has 2 aliphatic heterocycles. The Hall–Kier alpha value is -2.25. The maximum atomic E-state index is 10.6. The number of fused-ring (bicyclic) bond motifs is 2. The number of nitrogens with one attached hydrogen (secondary N) is 1. The fraction of sp³-hybridized carbons (Fsp3) is 0.526. The molecular formula is C19H23N3O4. The average Bonchev–Trinajstić information content (AvgIpc) is 3.35. The predicted octanol–water partition coefficient (Wildman–Crippen LogP) is 1.79. The van der Waals surface area contributed by atoms with Gasteiger partial charge in [-0.1, -0.05) is 0 Å². The van der Waals surface area contributed by atoms with Crippen molar-refractivity contribution in [2.45, 2.75) is 31.6 Å². The summed E-state index contributed by atoms with van der Waals surface area (Å²) in [7, 11) is 0. The number of aromatic amines is 1. The number of nitrogens with zero attached hydrogens (tertiary/aromatic N) is 2. The molecule has 5 rings (SSSR count). The van der Waals surface area contributed by atoms with Crippen molar-refractivity contribution < 1.29 is 19.3 Å². The fourth-order valence-corrected chi connectivity index (χ4v) is 4.46. The number of aliphatic hydroxyl groups excluding tert-OH is 1. The highest BCUT2D eigenvalue weighted by atomic mass is 16.7. The molecule has 1 aromatic heterocycles. The molecule has 138 valence electrons. The van der Waals surface area contributed by atoms with Crippen molar-refractivity contribution in [1.82, 2.24) is 14.9 Å². The van der Waals surface area contributed by atoms with E-state index in [2.05, 4.69) is 14.9 Å². The van der Waals surface area contributed by atoms with Gasteiger partial charge in [-0.15, -0.1) is 0 Å². The number of hydrogen-bond donors (Lipinski definition) is 2. The molecule has 0 spiro atoms. The van der Waals surface area contributed by atoms with Crippen molar-refractivity contribution in [3.05, 3.63) is 36.4 Å². The highest BCUT2D eigenvalue weighted by Crippen LogP contribution is 2.40. The Morgan fingerprint density at radius 1 is 1.19 bits per heavy atom. The quantitative estimate of drug-likeness (QED) is 0.868. The van der Waals surface area contributed by atoms with Crippen molar-refractivity contribution in [3.63, 3.8) is 0 Å². The minimum Gasteiger partial charge on any atom is -0.488 e. The van der Waals surface area contributed by atoms with E-state index in [-0.39, 0.29) is 12.9 Å². The van der Waals surface area contributed by atoms with Crippen LogP contribution in [0.1, 0.15) is 18.7 Å². The molecule has 7 nitrogen and oxygen atoms in total. The number of imidazole rings is 1. The van der Waals surface area contributed by atoms with E-state index in [1.54, 1.807) is 6.20 Å². The van der Waals surface area contributed by atoms with E-state index in [1.165, 1.54) is 0 Å². The van der Waals surface area contributed by atoms with Gasteiger partial charge in [-0.2, -0.15) is 0 Å². The van der Waals surface area contributed by atoms with E-state index in [4.69, 9.17) is 14.2 Å². The zero-order chi connectivity index (χ0) is 17.5. The third-order valence-electron chi connectivity index (χ3n) is 5.72. The second-order valence-corrected chi connectivity index (χ2v) is 7.46.